The zero-order valence-corrected chi connectivity index (χ0v) is 16.5. The Labute approximate surface area is 169 Å². The van der Waals surface area contributed by atoms with Crippen molar-refractivity contribution in [2.75, 3.05) is 13.1 Å². The number of amides is 5. The number of urea groups is 1. The maximum absolute atomic E-state index is 13.0. The maximum Gasteiger partial charge on any atom is 0.325 e. The van der Waals surface area contributed by atoms with Crippen molar-refractivity contribution in [3.63, 3.8) is 0 Å². The van der Waals surface area contributed by atoms with Crippen LogP contribution in [0.4, 0.5) is 4.79 Å². The van der Waals surface area contributed by atoms with E-state index in [1.54, 1.807) is 49.4 Å². The fourth-order valence-electron chi connectivity index (χ4n) is 3.54. The van der Waals surface area contributed by atoms with Gasteiger partial charge in [-0.3, -0.25) is 24.2 Å². The average Bonchev–Trinajstić information content (AvgIpc) is 3.05. The fraction of sp³-hybridized carbons (Fsp3) is 0.200. The smallest absolute Gasteiger partial charge is 0.319 e. The van der Waals surface area contributed by atoms with E-state index in [1.807, 2.05) is 6.07 Å². The number of nitrogens with one attached hydrogen (secondary N) is 1. The molecule has 1 atom stereocenters. The minimum Gasteiger partial charge on any atom is -0.319 e. The number of carbonyl (C=O) groups is 4. The highest BCUT2D eigenvalue weighted by atomic mass is 79.9. The SMILES string of the molecule is CC1(c2cccc(Br)c2)NC(=O)N(CCN2C(=O)c3ccccc3C2=O)C1=O. The molecular formula is C20H16BrN3O4. The molecule has 2 aliphatic rings. The number of imide groups is 2. The molecule has 2 heterocycles. The second-order valence-electron chi connectivity index (χ2n) is 6.83. The monoisotopic (exact) mass is 441 g/mol. The van der Waals surface area contributed by atoms with Crippen molar-refractivity contribution in [3.8, 4) is 0 Å². The first kappa shape index (κ1) is 18.4. The molecule has 8 heteroatoms. The van der Waals surface area contributed by atoms with Crippen LogP contribution in [-0.2, 0) is 10.3 Å². The van der Waals surface area contributed by atoms with Gasteiger partial charge in [0.2, 0.25) is 0 Å². The predicted octanol–water partition coefficient (Wildman–Crippen LogP) is 2.51. The van der Waals surface area contributed by atoms with Crippen LogP contribution in [0.2, 0.25) is 0 Å². The second-order valence-corrected chi connectivity index (χ2v) is 7.75. The zero-order valence-electron chi connectivity index (χ0n) is 14.9. The summed E-state index contributed by atoms with van der Waals surface area (Å²) >= 11 is 3.37. The minimum absolute atomic E-state index is 0.0555. The third kappa shape index (κ3) is 2.72. The van der Waals surface area contributed by atoms with Crippen LogP contribution in [0, 0.1) is 0 Å². The van der Waals surface area contributed by atoms with Crippen molar-refractivity contribution in [1.82, 2.24) is 15.1 Å². The van der Waals surface area contributed by atoms with Crippen molar-refractivity contribution in [3.05, 3.63) is 69.7 Å². The van der Waals surface area contributed by atoms with Crippen LogP contribution in [0.3, 0.4) is 0 Å². The van der Waals surface area contributed by atoms with E-state index in [0.29, 0.717) is 16.7 Å². The molecule has 0 saturated carbocycles. The molecule has 0 spiro atoms. The van der Waals surface area contributed by atoms with Gasteiger partial charge in [-0.2, -0.15) is 0 Å². The highest BCUT2D eigenvalue weighted by Crippen LogP contribution is 2.30. The zero-order chi connectivity index (χ0) is 20.1. The molecule has 2 aromatic rings. The molecule has 0 bridgehead atoms. The van der Waals surface area contributed by atoms with Gasteiger partial charge in [-0.1, -0.05) is 40.2 Å². The summed E-state index contributed by atoms with van der Waals surface area (Å²) in [4.78, 5) is 52.4. The molecule has 1 saturated heterocycles. The molecular weight excluding hydrogens is 426 g/mol. The van der Waals surface area contributed by atoms with E-state index in [1.165, 1.54) is 0 Å². The van der Waals surface area contributed by atoms with Gasteiger partial charge in [-0.05, 0) is 36.8 Å². The normalized spacial score (nSPS) is 21.4. The number of rotatable bonds is 4. The highest BCUT2D eigenvalue weighted by molar-refractivity contribution is 9.10. The highest BCUT2D eigenvalue weighted by Gasteiger charge is 2.49. The lowest BCUT2D eigenvalue weighted by atomic mass is 9.92. The summed E-state index contributed by atoms with van der Waals surface area (Å²) < 4.78 is 0.790. The molecule has 5 amide bonds. The maximum atomic E-state index is 13.0. The van der Waals surface area contributed by atoms with Crippen molar-refractivity contribution < 1.29 is 19.2 Å². The van der Waals surface area contributed by atoms with E-state index in [2.05, 4.69) is 21.2 Å². The minimum atomic E-state index is -1.21. The number of carbonyl (C=O) groups excluding carboxylic acids is 4. The quantitative estimate of drug-likeness (QED) is 0.583. The molecule has 0 aromatic heterocycles. The van der Waals surface area contributed by atoms with E-state index < -0.39 is 29.3 Å². The van der Waals surface area contributed by atoms with Crippen LogP contribution < -0.4 is 5.32 Å². The Bertz CT molecular complexity index is 1000. The largest absolute Gasteiger partial charge is 0.325 e. The summed E-state index contributed by atoms with van der Waals surface area (Å²) in [6.45, 7) is 1.51. The third-order valence-electron chi connectivity index (χ3n) is 5.10. The second kappa shape index (κ2) is 6.56. The molecule has 28 heavy (non-hydrogen) atoms. The first-order chi connectivity index (χ1) is 13.3. The van der Waals surface area contributed by atoms with Gasteiger partial charge in [0.05, 0.1) is 11.1 Å². The summed E-state index contributed by atoms with van der Waals surface area (Å²) in [5.41, 5.74) is 0.110. The van der Waals surface area contributed by atoms with E-state index in [4.69, 9.17) is 0 Å². The van der Waals surface area contributed by atoms with E-state index >= 15 is 0 Å². The van der Waals surface area contributed by atoms with Crippen molar-refractivity contribution in [1.29, 1.82) is 0 Å². The van der Waals surface area contributed by atoms with Crippen LogP contribution in [0.15, 0.2) is 53.0 Å². The van der Waals surface area contributed by atoms with Gasteiger partial charge in [0.25, 0.3) is 17.7 Å². The van der Waals surface area contributed by atoms with Gasteiger partial charge in [-0.15, -0.1) is 0 Å². The molecule has 0 aliphatic carbocycles. The number of hydrogen-bond acceptors (Lipinski definition) is 4. The van der Waals surface area contributed by atoms with Gasteiger partial charge in [0, 0.05) is 17.6 Å². The molecule has 1 N–H and O–H groups in total. The summed E-state index contributed by atoms with van der Waals surface area (Å²) in [5, 5.41) is 2.72. The predicted molar refractivity (Wildman–Crippen MR) is 104 cm³/mol. The van der Waals surface area contributed by atoms with Gasteiger partial charge in [-0.25, -0.2) is 4.79 Å². The van der Waals surface area contributed by atoms with Gasteiger partial charge < -0.3 is 5.32 Å². The van der Waals surface area contributed by atoms with Gasteiger partial charge in [0.15, 0.2) is 0 Å². The number of halogens is 1. The summed E-state index contributed by atoms with van der Waals surface area (Å²) in [6.07, 6.45) is 0. The molecule has 4 rings (SSSR count). The van der Waals surface area contributed by atoms with Crippen LogP contribution in [-0.4, -0.2) is 46.6 Å². The lowest BCUT2D eigenvalue weighted by Crippen LogP contribution is -2.43. The lowest BCUT2D eigenvalue weighted by molar-refractivity contribution is -0.131. The fourth-order valence-corrected chi connectivity index (χ4v) is 3.94. The van der Waals surface area contributed by atoms with E-state index in [9.17, 15) is 19.2 Å². The van der Waals surface area contributed by atoms with E-state index in [0.717, 1.165) is 14.3 Å². The standard InChI is InChI=1S/C20H16BrN3O4/c1-20(12-5-4-6-13(21)11-12)18(27)24(19(28)22-20)10-9-23-16(25)14-7-2-3-8-15(14)17(23)26/h2-8,11H,9-10H2,1H3,(H,22,28). The molecule has 1 fully saturated rings. The molecule has 0 radical (unpaired) electrons. The summed E-state index contributed by atoms with van der Waals surface area (Å²) in [5.74, 6) is -1.25. The summed E-state index contributed by atoms with van der Waals surface area (Å²) in [6, 6.07) is 13.1. The molecule has 7 nitrogen and oxygen atoms in total. The molecule has 2 aliphatic heterocycles. The Hall–Kier alpha value is -3.00. The van der Waals surface area contributed by atoms with Crippen LogP contribution in [0.5, 0.6) is 0 Å². The first-order valence-corrected chi connectivity index (χ1v) is 9.47. The summed E-state index contributed by atoms with van der Waals surface area (Å²) in [7, 11) is 0. The molecule has 1 unspecified atom stereocenters. The third-order valence-corrected chi connectivity index (χ3v) is 5.60. The lowest BCUT2D eigenvalue weighted by Gasteiger charge is -2.23. The van der Waals surface area contributed by atoms with E-state index in [-0.39, 0.29) is 13.1 Å². The van der Waals surface area contributed by atoms with Crippen LogP contribution >= 0.6 is 15.9 Å². The van der Waals surface area contributed by atoms with Crippen LogP contribution in [0.1, 0.15) is 33.2 Å². The number of nitrogens with zero attached hydrogens (tertiary/aromatic N) is 2. The average molecular weight is 442 g/mol. The number of benzene rings is 2. The Morgan fingerprint density at radius 3 is 2.11 bits per heavy atom. The van der Waals surface area contributed by atoms with Crippen molar-refractivity contribution >= 4 is 39.7 Å². The number of hydrogen-bond donors (Lipinski definition) is 1. The Kier molecular flexibility index (Phi) is 4.30. The van der Waals surface area contributed by atoms with Crippen molar-refractivity contribution in [2.24, 2.45) is 0 Å². The topological polar surface area (TPSA) is 86.8 Å². The Morgan fingerprint density at radius 2 is 1.50 bits per heavy atom. The first-order valence-electron chi connectivity index (χ1n) is 8.68. The Morgan fingerprint density at radius 1 is 0.893 bits per heavy atom. The number of fused-ring (bicyclic) bond motifs is 1. The van der Waals surface area contributed by atoms with Gasteiger partial charge in [0.1, 0.15) is 5.54 Å². The Balaban J connectivity index is 1.52. The van der Waals surface area contributed by atoms with Crippen molar-refractivity contribution in [2.45, 2.75) is 12.5 Å². The van der Waals surface area contributed by atoms with Crippen LogP contribution in [0.25, 0.3) is 0 Å². The molecule has 2 aromatic carbocycles. The van der Waals surface area contributed by atoms with Gasteiger partial charge >= 0.3 is 6.03 Å². The molecule has 142 valence electrons.